The molecule has 222 valence electrons. The van der Waals surface area contributed by atoms with Gasteiger partial charge in [0.2, 0.25) is 5.69 Å². The molecule has 1 N–H and O–H groups in total. The first-order valence-electron chi connectivity index (χ1n) is 15.2. The number of halogens is 1. The molecule has 43 heavy (non-hydrogen) atoms. The van der Waals surface area contributed by atoms with Crippen LogP contribution in [0.15, 0.2) is 103 Å². The normalized spacial score (nSPS) is 19.0. The summed E-state index contributed by atoms with van der Waals surface area (Å²) in [4.78, 5) is 14.7. The van der Waals surface area contributed by atoms with Crippen LogP contribution in [0.4, 0.5) is 11.4 Å². The summed E-state index contributed by atoms with van der Waals surface area (Å²) < 4.78 is 3.54. The van der Waals surface area contributed by atoms with Crippen LogP contribution in [0.25, 0.3) is 10.8 Å². The minimum atomic E-state index is -0.778. The molecule has 0 aromatic heterocycles. The topological polar surface area (TPSA) is 43.5 Å². The van der Waals surface area contributed by atoms with Gasteiger partial charge in [-0.2, -0.15) is 4.58 Å². The highest BCUT2D eigenvalue weighted by molar-refractivity contribution is 14.1. The minimum absolute atomic E-state index is 0.0645. The van der Waals surface area contributed by atoms with Crippen LogP contribution in [-0.4, -0.2) is 34.5 Å². The monoisotopic (exact) mass is 685 g/mol. The van der Waals surface area contributed by atoms with E-state index in [1.165, 1.54) is 36.9 Å². The third kappa shape index (κ3) is 5.64. The quantitative estimate of drug-likeness (QED) is 0.139. The Balaban J connectivity index is 1.44. The average molecular weight is 686 g/mol. The Hall–Kier alpha value is -3.45. The van der Waals surface area contributed by atoms with Gasteiger partial charge in [0.05, 0.1) is 5.41 Å². The fraction of sp³-hybridized carbons (Fsp3) is 0.316. The van der Waals surface area contributed by atoms with E-state index in [0.717, 1.165) is 24.2 Å². The largest absolute Gasteiger partial charge is 0.480 e. The van der Waals surface area contributed by atoms with Gasteiger partial charge in [0.15, 0.2) is 5.71 Å². The lowest BCUT2D eigenvalue weighted by Gasteiger charge is -2.31. The van der Waals surface area contributed by atoms with Crippen LogP contribution in [0.5, 0.6) is 0 Å². The summed E-state index contributed by atoms with van der Waals surface area (Å²) in [5.74, 6) is -0.778. The molecule has 2 heterocycles. The first-order chi connectivity index (χ1) is 20.5. The average Bonchev–Trinajstić information content (AvgIpc) is 3.30. The maximum atomic E-state index is 12.6. The van der Waals surface area contributed by atoms with Crippen LogP contribution in [-0.2, 0) is 15.6 Å². The summed E-state index contributed by atoms with van der Waals surface area (Å²) in [6.07, 6.45) is 17.0. The van der Waals surface area contributed by atoms with Gasteiger partial charge in [-0.1, -0.05) is 94.3 Å². The van der Waals surface area contributed by atoms with Gasteiger partial charge >= 0.3 is 5.97 Å². The van der Waals surface area contributed by atoms with Crippen LogP contribution < -0.4 is 4.90 Å². The maximum Gasteiger partial charge on any atom is 0.326 e. The molecule has 0 bridgehead atoms. The van der Waals surface area contributed by atoms with Gasteiger partial charge < -0.3 is 10.0 Å². The molecule has 5 rings (SSSR count). The maximum absolute atomic E-state index is 12.6. The highest BCUT2D eigenvalue weighted by atomic mass is 127. The molecule has 2 aliphatic rings. The van der Waals surface area contributed by atoms with E-state index in [1.54, 1.807) is 0 Å². The summed E-state index contributed by atoms with van der Waals surface area (Å²) in [6.45, 7) is 11.1. The summed E-state index contributed by atoms with van der Waals surface area (Å²) in [5.41, 5.74) is 6.67. The Kier molecular flexibility index (Phi) is 8.85. The van der Waals surface area contributed by atoms with Crippen molar-refractivity contribution in [2.45, 2.75) is 70.8 Å². The third-order valence-electron chi connectivity index (χ3n) is 9.07. The second-order valence-electron chi connectivity index (χ2n) is 12.6. The van der Waals surface area contributed by atoms with Crippen molar-refractivity contribution in [3.63, 3.8) is 0 Å². The molecular weight excluding hydrogens is 643 g/mol. The number of allylic oxidation sites excluding steroid dienone is 8. The van der Waals surface area contributed by atoms with Crippen LogP contribution in [0.1, 0.15) is 65.0 Å². The standard InChI is InChI=1S/C38H41IN2O2/c1-7-8-18-32(36(42)43)41-31-23-21-26-16-14-15-17-28(26)35(31)38(4,5)34(41)20-13-11-9-10-12-19-33-37(2,3)29-25-27(39)22-24-30(29)40(33)6/h9-17,19-25,32H,7-8,18H2,1-6H3/p+1. The number of benzene rings is 3. The van der Waals surface area contributed by atoms with Crippen molar-refractivity contribution < 1.29 is 14.5 Å². The van der Waals surface area contributed by atoms with E-state index in [-0.39, 0.29) is 10.8 Å². The number of unbranched alkanes of at least 4 members (excludes halogenated alkanes) is 1. The van der Waals surface area contributed by atoms with E-state index in [9.17, 15) is 9.90 Å². The number of carbonyl (C=O) groups is 1. The Labute approximate surface area is 270 Å². The molecule has 1 atom stereocenters. The van der Waals surface area contributed by atoms with E-state index in [0.29, 0.717) is 6.42 Å². The van der Waals surface area contributed by atoms with Crippen molar-refractivity contribution in [1.29, 1.82) is 0 Å². The van der Waals surface area contributed by atoms with Gasteiger partial charge in [-0.15, -0.1) is 0 Å². The molecule has 4 nitrogen and oxygen atoms in total. The number of nitrogens with zero attached hydrogens (tertiary/aromatic N) is 2. The van der Waals surface area contributed by atoms with Crippen LogP contribution >= 0.6 is 22.6 Å². The van der Waals surface area contributed by atoms with Crippen molar-refractivity contribution in [3.05, 3.63) is 118 Å². The molecule has 3 aromatic rings. The van der Waals surface area contributed by atoms with Crippen molar-refractivity contribution in [3.8, 4) is 0 Å². The van der Waals surface area contributed by atoms with Gasteiger partial charge in [-0.3, -0.25) is 0 Å². The number of hydrogen-bond acceptors (Lipinski definition) is 2. The molecule has 3 aromatic carbocycles. The Morgan fingerprint density at radius 3 is 2.44 bits per heavy atom. The Bertz CT molecular complexity index is 1720. The van der Waals surface area contributed by atoms with Gasteiger partial charge in [-0.05, 0) is 83.5 Å². The molecule has 5 heteroatoms. The van der Waals surface area contributed by atoms with Crippen LogP contribution in [0.2, 0.25) is 0 Å². The SMILES string of the molecule is CCCCC(C(=O)O)N1\C(=C/C=C/C=C/C=C/C2=[N+](C)c3ccc(I)cc3C2(C)C)C(C)(C)c2c1ccc1ccccc21. The smallest absolute Gasteiger partial charge is 0.326 e. The summed E-state index contributed by atoms with van der Waals surface area (Å²) in [7, 11) is 2.14. The summed E-state index contributed by atoms with van der Waals surface area (Å²) >= 11 is 2.38. The fourth-order valence-corrected chi connectivity index (χ4v) is 7.35. The third-order valence-corrected chi connectivity index (χ3v) is 9.74. The van der Waals surface area contributed by atoms with Gasteiger partial charge in [0.1, 0.15) is 13.1 Å². The predicted octanol–water partition coefficient (Wildman–Crippen LogP) is 9.44. The minimum Gasteiger partial charge on any atom is -0.480 e. The number of carboxylic acid groups (broad SMARTS) is 1. The number of rotatable bonds is 9. The zero-order chi connectivity index (χ0) is 30.9. The Morgan fingerprint density at radius 1 is 0.977 bits per heavy atom. The van der Waals surface area contributed by atoms with E-state index >= 15 is 0 Å². The molecule has 1 unspecified atom stereocenters. The first-order valence-corrected chi connectivity index (χ1v) is 16.3. The van der Waals surface area contributed by atoms with Crippen molar-refractivity contribution in [1.82, 2.24) is 0 Å². The Morgan fingerprint density at radius 2 is 1.70 bits per heavy atom. The van der Waals surface area contributed by atoms with Crippen LogP contribution in [0, 0.1) is 3.57 Å². The summed E-state index contributed by atoms with van der Waals surface area (Å²) in [5, 5.41) is 12.7. The van der Waals surface area contributed by atoms with Gasteiger partial charge in [0, 0.05) is 38.1 Å². The predicted molar refractivity (Wildman–Crippen MR) is 189 cm³/mol. The lowest BCUT2D eigenvalue weighted by Crippen LogP contribution is -2.41. The summed E-state index contributed by atoms with van der Waals surface area (Å²) in [6, 6.07) is 18.7. The highest BCUT2D eigenvalue weighted by Gasteiger charge is 2.45. The zero-order valence-corrected chi connectivity index (χ0v) is 28.2. The molecule has 0 spiro atoms. The number of carboxylic acids is 1. The number of hydrogen-bond donors (Lipinski definition) is 1. The molecule has 0 fully saturated rings. The number of fused-ring (bicyclic) bond motifs is 4. The van der Waals surface area contributed by atoms with Crippen molar-refractivity contribution in [2.24, 2.45) is 0 Å². The molecule has 0 amide bonds. The van der Waals surface area contributed by atoms with E-state index in [4.69, 9.17) is 0 Å². The number of aliphatic carboxylic acids is 1. The molecule has 2 aliphatic heterocycles. The lowest BCUT2D eigenvalue weighted by molar-refractivity contribution is -0.401. The van der Waals surface area contributed by atoms with Gasteiger partial charge in [-0.25, -0.2) is 4.79 Å². The zero-order valence-electron chi connectivity index (χ0n) is 26.1. The molecule has 0 aliphatic carbocycles. The van der Waals surface area contributed by atoms with E-state index in [2.05, 4.69) is 153 Å². The van der Waals surface area contributed by atoms with E-state index in [1.807, 2.05) is 18.2 Å². The number of anilines is 1. The van der Waals surface area contributed by atoms with Crippen LogP contribution in [0.3, 0.4) is 0 Å². The van der Waals surface area contributed by atoms with E-state index < -0.39 is 12.0 Å². The second kappa shape index (κ2) is 12.3. The van der Waals surface area contributed by atoms with Crippen molar-refractivity contribution in [2.75, 3.05) is 11.9 Å². The lowest BCUT2D eigenvalue weighted by atomic mass is 9.81. The fourth-order valence-electron chi connectivity index (χ4n) is 6.86. The first kappa shape index (κ1) is 31.0. The molecular formula is C38H42IN2O2+. The van der Waals surface area contributed by atoms with Gasteiger partial charge in [0.25, 0.3) is 0 Å². The molecule has 0 saturated carbocycles. The molecule has 0 radical (unpaired) electrons. The van der Waals surface area contributed by atoms with Crippen molar-refractivity contribution >= 4 is 56.4 Å². The second-order valence-corrected chi connectivity index (χ2v) is 13.8. The molecule has 0 saturated heterocycles. The highest BCUT2D eigenvalue weighted by Crippen LogP contribution is 2.52.